The van der Waals surface area contributed by atoms with Crippen molar-refractivity contribution < 1.29 is 23.7 Å². The third-order valence-corrected chi connectivity index (χ3v) is 7.81. The average molecular weight is 610 g/mol. The molecule has 1 aliphatic heterocycles. The Balaban J connectivity index is 2.21. The van der Waals surface area contributed by atoms with Crippen LogP contribution in [0.5, 0.6) is 0 Å². The molecule has 0 saturated carbocycles. The number of fused-ring (bicyclic) bond motifs is 1. The molecular formula is C29H48ClN7O5. The maximum Gasteiger partial charge on any atom is 0.166 e. The lowest BCUT2D eigenvalue weighted by Gasteiger charge is -2.41. The molecule has 2 aromatic rings. The topological polar surface area (TPSA) is 139 Å². The fraction of sp³-hybridized carbons (Fsp3) is 0.828. The van der Waals surface area contributed by atoms with Crippen molar-refractivity contribution in [2.75, 3.05) is 33.0 Å². The standard InChI is InChI=1S/C29H48ClN7O5/c1-6-10-14-38-18-21-23(39-15-11-7-2)24(40-16-12-8-3)25(41-17-13-9-4)29(5,35-36-31)28(42-21)37-20-34-22-26(30)32-19-33-27(22)37/h19-21,23-25,28H,6-18H2,1-5H3/t21-,23-,24+,25-,28-,29-/m1/s1. The van der Waals surface area contributed by atoms with Crippen LogP contribution in [0.3, 0.4) is 0 Å². The molecule has 0 spiro atoms. The van der Waals surface area contributed by atoms with Crippen LogP contribution in [0.2, 0.25) is 5.15 Å². The lowest BCUT2D eigenvalue weighted by Crippen LogP contribution is -2.55. The predicted molar refractivity (Wildman–Crippen MR) is 161 cm³/mol. The fourth-order valence-corrected chi connectivity index (χ4v) is 5.27. The zero-order chi connectivity index (χ0) is 30.4. The highest BCUT2D eigenvalue weighted by atomic mass is 35.5. The Kier molecular flexibility index (Phi) is 14.7. The second-order valence-corrected chi connectivity index (χ2v) is 11.2. The lowest BCUT2D eigenvalue weighted by atomic mass is 9.87. The molecule has 2 aromatic heterocycles. The zero-order valence-electron chi connectivity index (χ0n) is 25.8. The minimum absolute atomic E-state index is 0.217. The Morgan fingerprint density at radius 3 is 2.19 bits per heavy atom. The summed E-state index contributed by atoms with van der Waals surface area (Å²) >= 11 is 6.37. The molecule has 0 radical (unpaired) electrons. The van der Waals surface area contributed by atoms with Crippen molar-refractivity contribution in [1.82, 2.24) is 19.5 Å². The van der Waals surface area contributed by atoms with E-state index in [0.717, 1.165) is 51.4 Å². The molecule has 1 fully saturated rings. The van der Waals surface area contributed by atoms with E-state index in [1.807, 2.05) is 6.92 Å². The molecule has 1 saturated heterocycles. The molecular weight excluding hydrogens is 562 g/mol. The number of halogens is 1. The van der Waals surface area contributed by atoms with Gasteiger partial charge in [-0.25, -0.2) is 15.0 Å². The van der Waals surface area contributed by atoms with Gasteiger partial charge in [-0.3, -0.25) is 4.57 Å². The first-order valence-electron chi connectivity index (χ1n) is 15.4. The molecule has 13 heteroatoms. The highest BCUT2D eigenvalue weighted by Gasteiger charge is 2.56. The number of aromatic nitrogens is 4. The third-order valence-electron chi connectivity index (χ3n) is 7.53. The second kappa shape index (κ2) is 17.9. The molecule has 236 valence electrons. The number of hydrogen-bond acceptors (Lipinski definition) is 9. The van der Waals surface area contributed by atoms with E-state index in [0.29, 0.717) is 37.6 Å². The summed E-state index contributed by atoms with van der Waals surface area (Å²) in [5.74, 6) is 0. The lowest BCUT2D eigenvalue weighted by molar-refractivity contribution is -0.176. The van der Waals surface area contributed by atoms with Gasteiger partial charge in [0.05, 0.1) is 12.9 Å². The molecule has 12 nitrogen and oxygen atoms in total. The number of hydrogen-bond donors (Lipinski definition) is 0. The number of rotatable bonds is 19. The van der Waals surface area contributed by atoms with Crippen LogP contribution in [0.1, 0.15) is 92.2 Å². The van der Waals surface area contributed by atoms with Gasteiger partial charge in [-0.2, -0.15) is 0 Å². The van der Waals surface area contributed by atoms with Crippen LogP contribution in [-0.4, -0.2) is 82.5 Å². The van der Waals surface area contributed by atoms with E-state index in [1.165, 1.54) is 6.33 Å². The SMILES string of the molecule is CCCCOC[C@H]1O[C@@H](n2cnc3c(Cl)ncnc32)[C@](C)(N=[N+]=[N-])[C@H](OCCCC)[C@@H](OCCCC)[C@@H]1OCCCC. The van der Waals surface area contributed by atoms with Gasteiger partial charge in [0.15, 0.2) is 17.0 Å². The molecule has 0 amide bonds. The Morgan fingerprint density at radius 2 is 1.55 bits per heavy atom. The number of imidazole rings is 1. The van der Waals surface area contributed by atoms with Crippen molar-refractivity contribution in [3.63, 3.8) is 0 Å². The first-order chi connectivity index (χ1) is 20.5. The van der Waals surface area contributed by atoms with Crippen molar-refractivity contribution in [2.45, 2.75) is 122 Å². The molecule has 1 aliphatic rings. The van der Waals surface area contributed by atoms with Crippen molar-refractivity contribution in [3.05, 3.63) is 28.3 Å². The van der Waals surface area contributed by atoms with Gasteiger partial charge >= 0.3 is 0 Å². The second-order valence-electron chi connectivity index (χ2n) is 10.9. The maximum atomic E-state index is 9.92. The first-order valence-corrected chi connectivity index (χ1v) is 15.8. The Hall–Kier alpha value is -2.05. The number of nitrogens with zero attached hydrogens (tertiary/aromatic N) is 7. The van der Waals surface area contributed by atoms with Crippen molar-refractivity contribution >= 4 is 22.8 Å². The highest BCUT2D eigenvalue weighted by molar-refractivity contribution is 6.33. The number of unbranched alkanes of at least 4 members (excludes halogenated alkanes) is 4. The van der Waals surface area contributed by atoms with E-state index in [9.17, 15) is 5.53 Å². The van der Waals surface area contributed by atoms with E-state index in [1.54, 1.807) is 10.9 Å². The normalized spacial score (nSPS) is 26.3. The molecule has 6 atom stereocenters. The summed E-state index contributed by atoms with van der Waals surface area (Å²) in [5, 5.41) is 4.60. The van der Waals surface area contributed by atoms with E-state index in [4.69, 9.17) is 35.3 Å². The summed E-state index contributed by atoms with van der Waals surface area (Å²) in [5.41, 5.74) is 9.49. The molecule has 0 N–H and O–H groups in total. The van der Waals surface area contributed by atoms with E-state index in [-0.39, 0.29) is 11.8 Å². The zero-order valence-corrected chi connectivity index (χ0v) is 26.5. The van der Waals surface area contributed by atoms with Crippen LogP contribution in [0, 0.1) is 0 Å². The van der Waals surface area contributed by atoms with Crippen LogP contribution in [0.15, 0.2) is 17.8 Å². The van der Waals surface area contributed by atoms with Gasteiger partial charge in [0.25, 0.3) is 0 Å². The van der Waals surface area contributed by atoms with Gasteiger partial charge in [0.2, 0.25) is 0 Å². The van der Waals surface area contributed by atoms with E-state index in [2.05, 4.69) is 52.7 Å². The fourth-order valence-electron chi connectivity index (χ4n) is 5.09. The van der Waals surface area contributed by atoms with Gasteiger partial charge in [0, 0.05) is 31.3 Å². The molecule has 0 bridgehead atoms. The average Bonchev–Trinajstić information content (AvgIpc) is 3.38. The van der Waals surface area contributed by atoms with Crippen LogP contribution in [-0.2, 0) is 23.7 Å². The summed E-state index contributed by atoms with van der Waals surface area (Å²) in [6.45, 7) is 12.6. The summed E-state index contributed by atoms with van der Waals surface area (Å²) in [6.07, 6.45) is 7.02. The van der Waals surface area contributed by atoms with Gasteiger partial charge in [-0.15, -0.1) is 0 Å². The molecule has 0 aliphatic carbocycles. The van der Waals surface area contributed by atoms with Gasteiger partial charge in [-0.1, -0.05) is 70.1 Å². The van der Waals surface area contributed by atoms with Gasteiger partial charge in [0.1, 0.15) is 41.8 Å². The minimum atomic E-state index is -1.30. The summed E-state index contributed by atoms with van der Waals surface area (Å²) in [7, 11) is 0. The van der Waals surface area contributed by atoms with Gasteiger partial charge < -0.3 is 23.7 Å². The van der Waals surface area contributed by atoms with E-state index < -0.39 is 36.2 Å². The third kappa shape index (κ3) is 8.53. The monoisotopic (exact) mass is 609 g/mol. The summed E-state index contributed by atoms with van der Waals surface area (Å²) in [4.78, 5) is 16.3. The van der Waals surface area contributed by atoms with Gasteiger partial charge in [-0.05, 0) is 38.1 Å². The Morgan fingerprint density at radius 1 is 0.929 bits per heavy atom. The number of ether oxygens (including phenoxy) is 5. The summed E-state index contributed by atoms with van der Waals surface area (Å²) in [6, 6.07) is 0. The molecule has 3 rings (SSSR count). The van der Waals surface area contributed by atoms with E-state index >= 15 is 0 Å². The van der Waals surface area contributed by atoms with Crippen molar-refractivity contribution in [2.24, 2.45) is 5.11 Å². The largest absolute Gasteiger partial charge is 0.379 e. The molecule has 42 heavy (non-hydrogen) atoms. The first kappa shape index (κ1) is 34.4. The number of azide groups is 1. The quantitative estimate of drug-likeness (QED) is 0.0556. The van der Waals surface area contributed by atoms with Crippen LogP contribution < -0.4 is 0 Å². The van der Waals surface area contributed by atoms with Crippen LogP contribution in [0.4, 0.5) is 0 Å². The summed E-state index contributed by atoms with van der Waals surface area (Å²) < 4.78 is 34.6. The predicted octanol–water partition coefficient (Wildman–Crippen LogP) is 6.82. The molecule has 0 aromatic carbocycles. The Bertz CT molecular complexity index is 1120. The Labute approximate surface area is 254 Å². The highest BCUT2D eigenvalue weighted by Crippen LogP contribution is 2.43. The molecule has 0 unspecified atom stereocenters. The van der Waals surface area contributed by atoms with Crippen LogP contribution in [0.25, 0.3) is 21.6 Å². The van der Waals surface area contributed by atoms with Crippen molar-refractivity contribution in [1.29, 1.82) is 0 Å². The smallest absolute Gasteiger partial charge is 0.166 e. The van der Waals surface area contributed by atoms with Crippen molar-refractivity contribution in [3.8, 4) is 0 Å². The minimum Gasteiger partial charge on any atom is -0.379 e. The maximum absolute atomic E-state index is 9.92. The van der Waals surface area contributed by atoms with Crippen LogP contribution >= 0.6 is 11.6 Å². The molecule has 3 heterocycles.